The van der Waals surface area contributed by atoms with Crippen molar-refractivity contribution in [2.24, 2.45) is 0 Å². The van der Waals surface area contributed by atoms with Crippen LogP contribution in [0.1, 0.15) is 39.0 Å². The Hall–Kier alpha value is -2.73. The van der Waals surface area contributed by atoms with Crippen molar-refractivity contribution in [3.63, 3.8) is 0 Å². The summed E-state index contributed by atoms with van der Waals surface area (Å²) in [6.07, 6.45) is 4.39. The molecule has 222 valence electrons. The van der Waals surface area contributed by atoms with Crippen LogP contribution in [0.5, 0.6) is 0 Å². The number of fused-ring (bicyclic) bond motifs is 1. The smallest absolute Gasteiger partial charge is 0.321 e. The zero-order chi connectivity index (χ0) is 29.3. The Kier molecular flexibility index (Phi) is 8.89. The maximum Gasteiger partial charge on any atom is 0.321 e. The number of likely N-dealkylation sites (tertiary alicyclic amines) is 3. The number of sulfonamides is 1. The van der Waals surface area contributed by atoms with E-state index in [0.29, 0.717) is 17.0 Å². The number of benzene rings is 2. The topological polar surface area (TPSA) is 108 Å². The van der Waals surface area contributed by atoms with Gasteiger partial charge in [-0.1, -0.05) is 23.7 Å². The lowest BCUT2D eigenvalue weighted by Crippen LogP contribution is -2.53. The number of amides is 2. The third kappa shape index (κ3) is 6.09. The van der Waals surface area contributed by atoms with Gasteiger partial charge in [0.2, 0.25) is 21.8 Å². The van der Waals surface area contributed by atoms with Crippen molar-refractivity contribution in [1.82, 2.24) is 19.0 Å². The third-order valence-electron chi connectivity index (χ3n) is 8.60. The van der Waals surface area contributed by atoms with Crippen molar-refractivity contribution in [3.8, 4) is 0 Å². The minimum absolute atomic E-state index is 0.0478. The zero-order valence-electron chi connectivity index (χ0n) is 23.5. The number of hydrogen-bond acceptors (Lipinski definition) is 7. The SMILES string of the molecule is COC(=O)CN([C@H]1CCN([C@@H](C)C(=O)N2CCC[C@H]2CN2CCCC2)C1=O)S(=O)(=O)c1ccc2cc(Cl)ccc2c1. The Bertz CT molecular complexity index is 1430. The Labute approximate surface area is 246 Å². The Morgan fingerprint density at radius 3 is 2.46 bits per heavy atom. The molecule has 0 radical (unpaired) electrons. The van der Waals surface area contributed by atoms with Gasteiger partial charge < -0.3 is 19.4 Å². The molecule has 2 amide bonds. The Balaban J connectivity index is 1.36. The van der Waals surface area contributed by atoms with Crippen LogP contribution in [0.2, 0.25) is 5.02 Å². The van der Waals surface area contributed by atoms with Gasteiger partial charge in [0.25, 0.3) is 0 Å². The second-order valence-corrected chi connectivity index (χ2v) is 13.5. The Morgan fingerprint density at radius 2 is 1.73 bits per heavy atom. The van der Waals surface area contributed by atoms with Crippen molar-refractivity contribution in [1.29, 1.82) is 0 Å². The van der Waals surface area contributed by atoms with Crippen molar-refractivity contribution in [3.05, 3.63) is 41.4 Å². The first-order chi connectivity index (χ1) is 19.6. The molecule has 3 saturated heterocycles. The fraction of sp³-hybridized carbons (Fsp3) is 0.552. The summed E-state index contributed by atoms with van der Waals surface area (Å²) in [5, 5.41) is 1.94. The molecular weight excluding hydrogens is 568 g/mol. The van der Waals surface area contributed by atoms with Crippen LogP contribution in [0.4, 0.5) is 0 Å². The monoisotopic (exact) mass is 604 g/mol. The van der Waals surface area contributed by atoms with Gasteiger partial charge in [-0.25, -0.2) is 8.42 Å². The predicted molar refractivity (Wildman–Crippen MR) is 155 cm³/mol. The van der Waals surface area contributed by atoms with Crippen LogP contribution in [0.15, 0.2) is 41.3 Å². The van der Waals surface area contributed by atoms with E-state index < -0.39 is 40.5 Å². The van der Waals surface area contributed by atoms with Crippen LogP contribution in [0.3, 0.4) is 0 Å². The number of carbonyl (C=O) groups excluding carboxylic acids is 3. The summed E-state index contributed by atoms with van der Waals surface area (Å²) in [6, 6.07) is 7.95. The normalized spacial score (nSPS) is 22.7. The summed E-state index contributed by atoms with van der Waals surface area (Å²) >= 11 is 6.07. The summed E-state index contributed by atoms with van der Waals surface area (Å²) in [5.74, 6) is -1.38. The summed E-state index contributed by atoms with van der Waals surface area (Å²) in [5.41, 5.74) is 0. The van der Waals surface area contributed by atoms with Gasteiger partial charge in [-0.3, -0.25) is 14.4 Å². The first kappa shape index (κ1) is 29.8. The van der Waals surface area contributed by atoms with E-state index in [0.717, 1.165) is 42.2 Å². The molecule has 3 aliphatic rings. The van der Waals surface area contributed by atoms with Crippen molar-refractivity contribution in [2.75, 3.05) is 46.4 Å². The minimum atomic E-state index is -4.28. The molecule has 12 heteroatoms. The van der Waals surface area contributed by atoms with Gasteiger partial charge in [0, 0.05) is 30.7 Å². The summed E-state index contributed by atoms with van der Waals surface area (Å²) in [4.78, 5) is 45.4. The maximum absolute atomic E-state index is 13.9. The van der Waals surface area contributed by atoms with Gasteiger partial charge in [0.05, 0.1) is 12.0 Å². The Morgan fingerprint density at radius 1 is 1.02 bits per heavy atom. The molecule has 0 spiro atoms. The summed E-state index contributed by atoms with van der Waals surface area (Å²) in [6.45, 7) is 4.91. The largest absolute Gasteiger partial charge is 0.468 e. The highest BCUT2D eigenvalue weighted by atomic mass is 35.5. The number of carbonyl (C=O) groups is 3. The highest BCUT2D eigenvalue weighted by Gasteiger charge is 2.46. The van der Waals surface area contributed by atoms with Gasteiger partial charge in [-0.15, -0.1) is 0 Å². The maximum atomic E-state index is 13.9. The van der Waals surface area contributed by atoms with Gasteiger partial charge in [0.15, 0.2) is 0 Å². The second kappa shape index (κ2) is 12.2. The molecule has 3 aliphatic heterocycles. The molecule has 3 atom stereocenters. The molecule has 41 heavy (non-hydrogen) atoms. The van der Waals surface area contributed by atoms with E-state index in [1.165, 1.54) is 37.0 Å². The summed E-state index contributed by atoms with van der Waals surface area (Å²) < 4.78 is 33.5. The van der Waals surface area contributed by atoms with Gasteiger partial charge >= 0.3 is 5.97 Å². The molecule has 0 aliphatic carbocycles. The molecule has 3 heterocycles. The number of ether oxygens (including phenoxy) is 1. The number of nitrogens with zero attached hydrogens (tertiary/aromatic N) is 4. The molecule has 10 nitrogen and oxygen atoms in total. The molecule has 5 rings (SSSR count). The lowest BCUT2D eigenvalue weighted by molar-refractivity contribution is -0.146. The number of methoxy groups -OCH3 is 1. The van der Waals surface area contributed by atoms with E-state index in [2.05, 4.69) is 4.90 Å². The van der Waals surface area contributed by atoms with Crippen LogP contribution in [0.25, 0.3) is 10.8 Å². The summed E-state index contributed by atoms with van der Waals surface area (Å²) in [7, 11) is -3.11. The quantitative estimate of drug-likeness (QED) is 0.405. The third-order valence-corrected chi connectivity index (χ3v) is 10.7. The number of hydrogen-bond donors (Lipinski definition) is 0. The first-order valence-electron chi connectivity index (χ1n) is 14.2. The molecule has 2 aromatic rings. The number of halogens is 1. The highest BCUT2D eigenvalue weighted by molar-refractivity contribution is 7.89. The van der Waals surface area contributed by atoms with E-state index in [1.54, 1.807) is 31.2 Å². The van der Waals surface area contributed by atoms with E-state index in [-0.39, 0.29) is 29.8 Å². The first-order valence-corrected chi connectivity index (χ1v) is 16.0. The van der Waals surface area contributed by atoms with Crippen LogP contribution in [-0.2, 0) is 29.1 Å². The van der Waals surface area contributed by atoms with Crippen LogP contribution < -0.4 is 0 Å². The highest BCUT2D eigenvalue weighted by Crippen LogP contribution is 2.30. The van der Waals surface area contributed by atoms with Gasteiger partial charge in [-0.2, -0.15) is 4.31 Å². The van der Waals surface area contributed by atoms with E-state index in [4.69, 9.17) is 16.3 Å². The number of rotatable bonds is 9. The molecule has 0 aromatic heterocycles. The van der Waals surface area contributed by atoms with Crippen molar-refractivity contribution >= 4 is 50.2 Å². The average Bonchev–Trinajstić information content (AvgIpc) is 3.72. The van der Waals surface area contributed by atoms with Crippen LogP contribution in [-0.4, -0.2) is 110 Å². The average molecular weight is 605 g/mol. The lowest BCUT2D eigenvalue weighted by Gasteiger charge is -2.33. The number of esters is 1. The van der Waals surface area contributed by atoms with Crippen molar-refractivity contribution < 1.29 is 27.5 Å². The molecular formula is C29H37ClN4O6S. The van der Waals surface area contributed by atoms with Crippen LogP contribution >= 0.6 is 11.6 Å². The molecule has 0 unspecified atom stereocenters. The molecule has 0 bridgehead atoms. The van der Waals surface area contributed by atoms with E-state index >= 15 is 0 Å². The van der Waals surface area contributed by atoms with Gasteiger partial charge in [-0.05, 0) is 87.2 Å². The van der Waals surface area contributed by atoms with Crippen LogP contribution in [0, 0.1) is 0 Å². The molecule has 2 aromatic carbocycles. The second-order valence-electron chi connectivity index (χ2n) is 11.1. The van der Waals surface area contributed by atoms with Crippen molar-refractivity contribution in [2.45, 2.75) is 62.0 Å². The molecule has 0 N–H and O–H groups in total. The standard InChI is InChI=1S/C29H37ClN4O6S/c1-20(28(36)33-14-5-6-24(33)18-31-12-3-4-13-31)32-15-11-26(29(32)37)34(19-27(35)40-2)41(38,39)25-10-8-21-16-23(30)9-7-22(21)17-25/h7-10,16-17,20,24,26H,3-6,11-15,18-19H2,1-2H3/t20-,24-,26-/m0/s1. The van der Waals surface area contributed by atoms with Gasteiger partial charge in [0.1, 0.15) is 18.6 Å². The zero-order valence-corrected chi connectivity index (χ0v) is 25.1. The minimum Gasteiger partial charge on any atom is -0.468 e. The van der Waals surface area contributed by atoms with E-state index in [9.17, 15) is 22.8 Å². The lowest BCUT2D eigenvalue weighted by atomic mass is 10.1. The molecule has 0 saturated carbocycles. The predicted octanol–water partition coefficient (Wildman–Crippen LogP) is 2.73. The van der Waals surface area contributed by atoms with E-state index in [1.807, 2.05) is 4.90 Å². The fourth-order valence-corrected chi connectivity index (χ4v) is 8.11. The fourth-order valence-electron chi connectivity index (χ4n) is 6.34. The molecule has 3 fully saturated rings.